The fraction of sp³-hybridized carbons (Fsp3) is 0.923. The van der Waals surface area contributed by atoms with Gasteiger partial charge < -0.3 is 10.1 Å². The molecule has 0 radical (unpaired) electrons. The van der Waals surface area contributed by atoms with Crippen LogP contribution in [0, 0.1) is 5.92 Å². The van der Waals surface area contributed by atoms with E-state index in [0.717, 1.165) is 18.9 Å². The van der Waals surface area contributed by atoms with Gasteiger partial charge in [-0.3, -0.25) is 4.79 Å². The number of hydrogen-bond donors (Lipinski definition) is 1. The lowest BCUT2D eigenvalue weighted by molar-refractivity contribution is -0.130. The monoisotopic (exact) mass is 229 g/mol. The number of nitrogens with one attached hydrogen (secondary N) is 1. The molecule has 0 heterocycles. The zero-order valence-electron chi connectivity index (χ0n) is 11.2. The van der Waals surface area contributed by atoms with E-state index in [0.29, 0.717) is 0 Å². The summed E-state index contributed by atoms with van der Waals surface area (Å²) in [4.78, 5) is 11.3. The second-order valence-corrected chi connectivity index (χ2v) is 4.77. The van der Waals surface area contributed by atoms with Gasteiger partial charge in [-0.1, -0.05) is 39.5 Å². The molecule has 1 unspecified atom stereocenters. The van der Waals surface area contributed by atoms with Crippen molar-refractivity contribution in [1.29, 1.82) is 0 Å². The number of hydrogen-bond acceptors (Lipinski definition) is 2. The average Bonchev–Trinajstić information content (AvgIpc) is 2.25. The summed E-state index contributed by atoms with van der Waals surface area (Å²) in [7, 11) is 1.55. The van der Waals surface area contributed by atoms with Crippen molar-refractivity contribution in [3.05, 3.63) is 0 Å². The Kier molecular flexibility index (Phi) is 9.30. The van der Waals surface area contributed by atoms with E-state index >= 15 is 0 Å². The van der Waals surface area contributed by atoms with Crippen LogP contribution in [0.1, 0.15) is 52.9 Å². The minimum Gasteiger partial charge on any atom is -0.372 e. The van der Waals surface area contributed by atoms with E-state index in [1.807, 2.05) is 0 Å². The largest absolute Gasteiger partial charge is 0.372 e. The first-order valence-electron chi connectivity index (χ1n) is 6.38. The van der Waals surface area contributed by atoms with Crippen LogP contribution in [0.3, 0.4) is 0 Å². The molecule has 1 N–H and O–H groups in total. The van der Waals surface area contributed by atoms with Gasteiger partial charge in [-0.25, -0.2) is 0 Å². The van der Waals surface area contributed by atoms with Gasteiger partial charge in [0.05, 0.1) is 0 Å². The van der Waals surface area contributed by atoms with Crippen molar-refractivity contribution in [2.45, 2.75) is 59.0 Å². The third-order valence-electron chi connectivity index (χ3n) is 2.73. The van der Waals surface area contributed by atoms with Gasteiger partial charge >= 0.3 is 0 Å². The van der Waals surface area contributed by atoms with E-state index in [9.17, 15) is 4.79 Å². The zero-order valence-corrected chi connectivity index (χ0v) is 11.2. The summed E-state index contributed by atoms with van der Waals surface area (Å²) in [6.07, 6.45) is 5.83. The molecule has 0 spiro atoms. The predicted molar refractivity (Wildman–Crippen MR) is 67.4 cm³/mol. The topological polar surface area (TPSA) is 38.3 Å². The normalized spacial score (nSPS) is 12.8. The maximum Gasteiger partial charge on any atom is 0.248 e. The maximum atomic E-state index is 11.3. The van der Waals surface area contributed by atoms with Crippen LogP contribution in [0.15, 0.2) is 0 Å². The first kappa shape index (κ1) is 15.4. The summed E-state index contributed by atoms with van der Waals surface area (Å²) in [5.74, 6) is 0.798. The molecule has 0 rings (SSSR count). The Balaban J connectivity index is 3.24. The fourth-order valence-electron chi connectivity index (χ4n) is 1.49. The van der Waals surface area contributed by atoms with Gasteiger partial charge in [-0.05, 0) is 19.3 Å². The highest BCUT2D eigenvalue weighted by Crippen LogP contribution is 2.08. The van der Waals surface area contributed by atoms with E-state index in [-0.39, 0.29) is 12.0 Å². The van der Waals surface area contributed by atoms with E-state index in [1.165, 1.54) is 25.7 Å². The van der Waals surface area contributed by atoms with Gasteiger partial charge in [0, 0.05) is 13.7 Å². The van der Waals surface area contributed by atoms with Crippen molar-refractivity contribution < 1.29 is 9.53 Å². The molecule has 0 aliphatic rings. The molecular formula is C13H27NO2. The fourth-order valence-corrected chi connectivity index (χ4v) is 1.49. The molecule has 1 atom stereocenters. The first-order chi connectivity index (χ1) is 7.57. The summed E-state index contributed by atoms with van der Waals surface area (Å²) < 4.78 is 4.92. The molecule has 0 bridgehead atoms. The van der Waals surface area contributed by atoms with E-state index in [2.05, 4.69) is 19.2 Å². The molecule has 3 heteroatoms. The third kappa shape index (κ3) is 8.72. The molecule has 3 nitrogen and oxygen atoms in total. The maximum absolute atomic E-state index is 11.3. The molecular weight excluding hydrogens is 202 g/mol. The molecule has 1 amide bonds. The lowest BCUT2D eigenvalue weighted by atomic mass is 10.0. The van der Waals surface area contributed by atoms with Crippen LogP contribution >= 0.6 is 0 Å². The summed E-state index contributed by atoms with van der Waals surface area (Å²) >= 11 is 0. The highest BCUT2D eigenvalue weighted by molar-refractivity contribution is 5.80. The second-order valence-electron chi connectivity index (χ2n) is 4.77. The Morgan fingerprint density at radius 2 is 1.75 bits per heavy atom. The Labute approximate surface area is 99.9 Å². The van der Waals surface area contributed by atoms with E-state index < -0.39 is 0 Å². The van der Waals surface area contributed by atoms with Crippen molar-refractivity contribution in [2.75, 3.05) is 13.7 Å². The van der Waals surface area contributed by atoms with Crippen LogP contribution in [0.2, 0.25) is 0 Å². The Bertz CT molecular complexity index is 181. The number of unbranched alkanes of at least 4 members (excludes halogenated alkanes) is 3. The first-order valence-corrected chi connectivity index (χ1v) is 6.38. The van der Waals surface area contributed by atoms with E-state index in [4.69, 9.17) is 4.74 Å². The number of carbonyl (C=O) groups excluding carboxylic acids is 1. The molecule has 0 aromatic carbocycles. The summed E-state index contributed by atoms with van der Waals surface area (Å²) in [6, 6.07) is 0. The summed E-state index contributed by atoms with van der Waals surface area (Å²) in [5.41, 5.74) is 0. The van der Waals surface area contributed by atoms with Crippen molar-refractivity contribution in [3.8, 4) is 0 Å². The highest BCUT2D eigenvalue weighted by Gasteiger charge is 2.09. The smallest absolute Gasteiger partial charge is 0.248 e. The molecule has 0 aliphatic carbocycles. The molecule has 0 saturated carbocycles. The molecule has 0 aliphatic heterocycles. The molecule has 96 valence electrons. The van der Waals surface area contributed by atoms with Gasteiger partial charge in [0.2, 0.25) is 5.91 Å². The molecule has 0 fully saturated rings. The average molecular weight is 229 g/mol. The van der Waals surface area contributed by atoms with Crippen LogP contribution in [-0.4, -0.2) is 25.7 Å². The predicted octanol–water partition coefficient (Wildman–Crippen LogP) is 2.74. The number of rotatable bonds is 9. The summed E-state index contributed by atoms with van der Waals surface area (Å²) in [6.45, 7) is 7.05. The van der Waals surface area contributed by atoms with Crippen molar-refractivity contribution in [3.63, 3.8) is 0 Å². The molecule has 0 saturated heterocycles. The quantitative estimate of drug-likeness (QED) is 0.617. The van der Waals surface area contributed by atoms with Crippen LogP contribution < -0.4 is 5.32 Å². The standard InChI is InChI=1S/C13H27NO2/c1-11(2)9-7-5-6-8-10-14-13(15)12(3)16-4/h11-12H,5-10H2,1-4H3,(H,14,15). The van der Waals surface area contributed by atoms with Crippen LogP contribution in [0.4, 0.5) is 0 Å². The minimum absolute atomic E-state index is 0.00956. The van der Waals surface area contributed by atoms with Crippen LogP contribution in [-0.2, 0) is 9.53 Å². The van der Waals surface area contributed by atoms with Gasteiger partial charge in [0.15, 0.2) is 0 Å². The summed E-state index contributed by atoms with van der Waals surface area (Å²) in [5, 5.41) is 2.87. The Hall–Kier alpha value is -0.570. The zero-order chi connectivity index (χ0) is 12.4. The van der Waals surface area contributed by atoms with Gasteiger partial charge in [-0.2, -0.15) is 0 Å². The minimum atomic E-state index is -0.332. The van der Waals surface area contributed by atoms with Gasteiger partial charge in [0.1, 0.15) is 6.10 Å². The Morgan fingerprint density at radius 1 is 1.12 bits per heavy atom. The lowest BCUT2D eigenvalue weighted by Gasteiger charge is -2.10. The van der Waals surface area contributed by atoms with Crippen molar-refractivity contribution in [1.82, 2.24) is 5.32 Å². The molecule has 16 heavy (non-hydrogen) atoms. The third-order valence-corrected chi connectivity index (χ3v) is 2.73. The number of amides is 1. The van der Waals surface area contributed by atoms with Crippen molar-refractivity contribution in [2.24, 2.45) is 5.92 Å². The van der Waals surface area contributed by atoms with Crippen LogP contribution in [0.5, 0.6) is 0 Å². The Morgan fingerprint density at radius 3 is 2.31 bits per heavy atom. The van der Waals surface area contributed by atoms with Gasteiger partial charge in [-0.15, -0.1) is 0 Å². The lowest BCUT2D eigenvalue weighted by Crippen LogP contribution is -2.34. The SMILES string of the molecule is COC(C)C(=O)NCCCCCCC(C)C. The molecule has 0 aromatic rings. The molecule has 0 aromatic heterocycles. The highest BCUT2D eigenvalue weighted by atomic mass is 16.5. The number of methoxy groups -OCH3 is 1. The van der Waals surface area contributed by atoms with E-state index in [1.54, 1.807) is 14.0 Å². The number of carbonyl (C=O) groups is 1. The van der Waals surface area contributed by atoms with Crippen molar-refractivity contribution >= 4 is 5.91 Å². The van der Waals surface area contributed by atoms with Crippen LogP contribution in [0.25, 0.3) is 0 Å². The second kappa shape index (κ2) is 9.64. The number of ether oxygens (including phenoxy) is 1. The van der Waals surface area contributed by atoms with Gasteiger partial charge in [0.25, 0.3) is 0 Å².